The highest BCUT2D eigenvalue weighted by Crippen LogP contribution is 2.40. The first-order valence-corrected chi connectivity index (χ1v) is 8.35. The summed E-state index contributed by atoms with van der Waals surface area (Å²) in [7, 11) is 4.60. The predicted octanol–water partition coefficient (Wildman–Crippen LogP) is 3.55. The molecule has 0 aromatic heterocycles. The third kappa shape index (κ3) is 3.36. The van der Waals surface area contributed by atoms with Gasteiger partial charge in [0.15, 0.2) is 0 Å². The van der Waals surface area contributed by atoms with Crippen molar-refractivity contribution < 1.29 is 23.8 Å². The molecule has 0 unspecified atom stereocenters. The standard InChI is InChI=1S/C17H21NO5S/c1-6-10(2)18-16(19)15(24-17(18)20)9-12-13(22-4)7-11(21-3)8-14(12)23-5/h7-10H,6H2,1-5H3/b15-9-/t10-/m1/s1. The lowest BCUT2D eigenvalue weighted by atomic mass is 10.1. The van der Waals surface area contributed by atoms with Gasteiger partial charge in [0.25, 0.3) is 11.1 Å². The van der Waals surface area contributed by atoms with Gasteiger partial charge < -0.3 is 14.2 Å². The number of rotatable bonds is 6. The van der Waals surface area contributed by atoms with E-state index < -0.39 is 0 Å². The van der Waals surface area contributed by atoms with Crippen LogP contribution in [0.1, 0.15) is 25.8 Å². The molecule has 0 bridgehead atoms. The van der Waals surface area contributed by atoms with E-state index in [-0.39, 0.29) is 17.2 Å². The lowest BCUT2D eigenvalue weighted by Gasteiger charge is -2.19. The van der Waals surface area contributed by atoms with Crippen molar-refractivity contribution in [3.05, 3.63) is 22.6 Å². The first-order chi connectivity index (χ1) is 11.5. The molecule has 1 saturated heterocycles. The molecule has 2 amide bonds. The molecule has 0 spiro atoms. The van der Waals surface area contributed by atoms with Gasteiger partial charge in [0, 0.05) is 18.2 Å². The molecule has 0 radical (unpaired) electrons. The van der Waals surface area contributed by atoms with Crippen molar-refractivity contribution in [3.8, 4) is 17.2 Å². The molecule has 1 aromatic rings. The average molecular weight is 351 g/mol. The number of hydrogen-bond donors (Lipinski definition) is 0. The van der Waals surface area contributed by atoms with E-state index in [9.17, 15) is 9.59 Å². The fourth-order valence-corrected chi connectivity index (χ4v) is 3.26. The summed E-state index contributed by atoms with van der Waals surface area (Å²) in [6, 6.07) is 3.27. The number of methoxy groups -OCH3 is 3. The highest BCUT2D eigenvalue weighted by Gasteiger charge is 2.37. The Hall–Kier alpha value is -2.15. The molecular formula is C17H21NO5S. The summed E-state index contributed by atoms with van der Waals surface area (Å²) < 4.78 is 16.0. The SMILES string of the molecule is CC[C@@H](C)N1C(=O)S/C(=C\c2c(OC)cc(OC)cc2OC)C1=O. The molecule has 1 aliphatic heterocycles. The van der Waals surface area contributed by atoms with Crippen LogP contribution in [0.2, 0.25) is 0 Å². The number of benzene rings is 1. The van der Waals surface area contributed by atoms with E-state index in [1.54, 1.807) is 25.3 Å². The smallest absolute Gasteiger partial charge is 0.293 e. The maximum absolute atomic E-state index is 12.6. The zero-order valence-electron chi connectivity index (χ0n) is 14.4. The molecule has 6 nitrogen and oxygen atoms in total. The van der Waals surface area contributed by atoms with Crippen molar-refractivity contribution in [2.45, 2.75) is 26.3 Å². The summed E-state index contributed by atoms with van der Waals surface area (Å²) in [5, 5.41) is -0.257. The largest absolute Gasteiger partial charge is 0.496 e. The Labute approximate surface area is 145 Å². The van der Waals surface area contributed by atoms with Gasteiger partial charge in [-0.3, -0.25) is 14.5 Å². The number of amides is 2. The Morgan fingerprint density at radius 3 is 2.17 bits per heavy atom. The van der Waals surface area contributed by atoms with Gasteiger partial charge in [-0.25, -0.2) is 0 Å². The molecule has 24 heavy (non-hydrogen) atoms. The second-order valence-electron chi connectivity index (χ2n) is 5.25. The Morgan fingerprint density at radius 2 is 1.71 bits per heavy atom. The van der Waals surface area contributed by atoms with Crippen LogP contribution in [0.25, 0.3) is 6.08 Å². The van der Waals surface area contributed by atoms with Gasteiger partial charge in [0.1, 0.15) is 17.2 Å². The van der Waals surface area contributed by atoms with Crippen LogP contribution < -0.4 is 14.2 Å². The Bertz CT molecular complexity index is 661. The first-order valence-electron chi connectivity index (χ1n) is 7.53. The molecule has 1 aliphatic rings. The van der Waals surface area contributed by atoms with E-state index >= 15 is 0 Å². The average Bonchev–Trinajstić information content (AvgIpc) is 2.87. The van der Waals surface area contributed by atoms with Crippen molar-refractivity contribution in [1.82, 2.24) is 4.90 Å². The summed E-state index contributed by atoms with van der Waals surface area (Å²) >= 11 is 0.925. The zero-order valence-corrected chi connectivity index (χ0v) is 15.2. The van der Waals surface area contributed by atoms with Gasteiger partial charge in [-0.05, 0) is 31.2 Å². The lowest BCUT2D eigenvalue weighted by molar-refractivity contribution is -0.124. The van der Waals surface area contributed by atoms with E-state index in [0.717, 1.165) is 11.8 Å². The van der Waals surface area contributed by atoms with E-state index in [4.69, 9.17) is 14.2 Å². The van der Waals surface area contributed by atoms with Crippen molar-refractivity contribution in [3.63, 3.8) is 0 Å². The van der Waals surface area contributed by atoms with Crippen LogP contribution in [0.5, 0.6) is 17.2 Å². The summed E-state index contributed by atoms with van der Waals surface area (Å²) in [6.07, 6.45) is 2.34. The molecular weight excluding hydrogens is 330 g/mol. The summed E-state index contributed by atoms with van der Waals surface area (Å²) in [5.74, 6) is 1.29. The molecule has 1 atom stereocenters. The number of nitrogens with zero attached hydrogens (tertiary/aromatic N) is 1. The normalized spacial score (nSPS) is 17.4. The monoisotopic (exact) mass is 351 g/mol. The van der Waals surface area contributed by atoms with Gasteiger partial charge in [-0.2, -0.15) is 0 Å². The van der Waals surface area contributed by atoms with Crippen molar-refractivity contribution >= 4 is 29.0 Å². The molecule has 2 rings (SSSR count). The first kappa shape index (κ1) is 18.2. The summed E-state index contributed by atoms with van der Waals surface area (Å²) in [6.45, 7) is 3.79. The maximum atomic E-state index is 12.6. The van der Waals surface area contributed by atoms with Gasteiger partial charge in [0.2, 0.25) is 0 Å². The highest BCUT2D eigenvalue weighted by molar-refractivity contribution is 8.18. The van der Waals surface area contributed by atoms with Crippen LogP contribution >= 0.6 is 11.8 Å². The number of carbonyl (C=O) groups is 2. The molecule has 0 saturated carbocycles. The lowest BCUT2D eigenvalue weighted by Crippen LogP contribution is -2.36. The van der Waals surface area contributed by atoms with E-state index in [0.29, 0.717) is 34.1 Å². The van der Waals surface area contributed by atoms with Crippen LogP contribution in [-0.2, 0) is 4.79 Å². The predicted molar refractivity (Wildman–Crippen MR) is 93.7 cm³/mol. The number of thioether (sulfide) groups is 1. The molecule has 7 heteroatoms. The van der Waals surface area contributed by atoms with Crippen LogP contribution in [0.3, 0.4) is 0 Å². The minimum absolute atomic E-state index is 0.136. The molecule has 0 N–H and O–H groups in total. The fraction of sp³-hybridized carbons (Fsp3) is 0.412. The fourth-order valence-electron chi connectivity index (χ4n) is 2.35. The van der Waals surface area contributed by atoms with Gasteiger partial charge in [0.05, 0.1) is 31.8 Å². The van der Waals surface area contributed by atoms with Gasteiger partial charge in [-0.15, -0.1) is 0 Å². The highest BCUT2D eigenvalue weighted by atomic mass is 32.2. The van der Waals surface area contributed by atoms with E-state index in [1.165, 1.54) is 19.1 Å². The van der Waals surface area contributed by atoms with E-state index in [1.807, 2.05) is 13.8 Å². The number of imide groups is 1. The molecule has 0 aliphatic carbocycles. The van der Waals surface area contributed by atoms with Crippen LogP contribution in [0.15, 0.2) is 17.0 Å². The maximum Gasteiger partial charge on any atom is 0.293 e. The second kappa shape index (κ2) is 7.61. The van der Waals surface area contributed by atoms with Crippen LogP contribution in [-0.4, -0.2) is 43.4 Å². The Morgan fingerprint density at radius 1 is 1.12 bits per heavy atom. The quantitative estimate of drug-likeness (QED) is 0.730. The summed E-state index contributed by atoms with van der Waals surface area (Å²) in [4.78, 5) is 26.3. The third-order valence-electron chi connectivity index (χ3n) is 3.88. The minimum atomic E-state index is -0.292. The Balaban J connectivity index is 2.48. The van der Waals surface area contributed by atoms with Crippen LogP contribution in [0, 0.1) is 0 Å². The number of hydrogen-bond acceptors (Lipinski definition) is 6. The number of ether oxygens (including phenoxy) is 3. The third-order valence-corrected chi connectivity index (χ3v) is 4.77. The van der Waals surface area contributed by atoms with Crippen LogP contribution in [0.4, 0.5) is 4.79 Å². The van der Waals surface area contributed by atoms with Crippen molar-refractivity contribution in [1.29, 1.82) is 0 Å². The molecule has 1 heterocycles. The second-order valence-corrected chi connectivity index (χ2v) is 6.25. The van der Waals surface area contributed by atoms with E-state index in [2.05, 4.69) is 0 Å². The van der Waals surface area contributed by atoms with Crippen molar-refractivity contribution in [2.24, 2.45) is 0 Å². The molecule has 1 fully saturated rings. The van der Waals surface area contributed by atoms with Gasteiger partial charge >= 0.3 is 0 Å². The minimum Gasteiger partial charge on any atom is -0.496 e. The topological polar surface area (TPSA) is 65.1 Å². The van der Waals surface area contributed by atoms with Crippen molar-refractivity contribution in [2.75, 3.05) is 21.3 Å². The summed E-state index contributed by atoms with van der Waals surface area (Å²) in [5.41, 5.74) is 0.593. The molecule has 1 aromatic carbocycles. The molecule has 130 valence electrons. The van der Waals surface area contributed by atoms with Gasteiger partial charge in [-0.1, -0.05) is 6.92 Å². The Kier molecular flexibility index (Phi) is 5.77. The zero-order chi connectivity index (χ0) is 17.9. The number of carbonyl (C=O) groups excluding carboxylic acids is 2.